The number of hydrogen-bond donors (Lipinski definition) is 3. The summed E-state index contributed by atoms with van der Waals surface area (Å²) in [7, 11) is 2.02. The predicted molar refractivity (Wildman–Crippen MR) is 62.0 cm³/mol. The molecule has 0 aromatic rings. The third-order valence-corrected chi connectivity index (χ3v) is 3.43. The van der Waals surface area contributed by atoms with E-state index in [1.54, 1.807) is 0 Å². The van der Waals surface area contributed by atoms with Crippen molar-refractivity contribution in [1.29, 1.82) is 5.41 Å². The third-order valence-electron chi connectivity index (χ3n) is 3.43. The lowest BCUT2D eigenvalue weighted by molar-refractivity contribution is 0.0171. The fraction of sp³-hybridized carbons (Fsp3) is 0.909. The number of likely N-dealkylation sites (N-methyl/N-ethyl adjacent to an activating group) is 1. The zero-order chi connectivity index (χ0) is 11.4. The van der Waals surface area contributed by atoms with Crippen LogP contribution in [0.1, 0.15) is 39.0 Å². The molecular weight excluding hydrogens is 190 g/mol. The molecular formula is C11H23N3O. The number of aliphatic hydroxyl groups is 1. The van der Waals surface area contributed by atoms with Crippen LogP contribution in [-0.2, 0) is 0 Å². The van der Waals surface area contributed by atoms with Crippen LogP contribution in [0.2, 0.25) is 0 Å². The number of amidine groups is 1. The summed E-state index contributed by atoms with van der Waals surface area (Å²) in [5.74, 6) is 0.222. The second-order valence-electron chi connectivity index (χ2n) is 4.66. The number of nitrogens with one attached hydrogen (secondary N) is 1. The van der Waals surface area contributed by atoms with Gasteiger partial charge in [0.15, 0.2) is 0 Å². The van der Waals surface area contributed by atoms with Gasteiger partial charge in [-0.25, -0.2) is 0 Å². The van der Waals surface area contributed by atoms with Crippen LogP contribution in [0.3, 0.4) is 0 Å². The molecule has 4 heteroatoms. The zero-order valence-electron chi connectivity index (χ0n) is 9.74. The maximum absolute atomic E-state index is 9.90. The van der Waals surface area contributed by atoms with Crippen molar-refractivity contribution in [2.24, 2.45) is 5.73 Å². The molecule has 15 heavy (non-hydrogen) atoms. The Bertz CT molecular complexity index is 220. The first-order valence-electron chi connectivity index (χ1n) is 5.75. The molecule has 1 rings (SSSR count). The molecule has 4 nitrogen and oxygen atoms in total. The van der Waals surface area contributed by atoms with Crippen molar-refractivity contribution in [3.05, 3.63) is 0 Å². The van der Waals surface area contributed by atoms with E-state index in [9.17, 15) is 5.11 Å². The molecule has 1 saturated carbocycles. The Kier molecular flexibility index (Phi) is 4.54. The molecule has 3 atom stereocenters. The molecule has 0 aliphatic heterocycles. The lowest BCUT2D eigenvalue weighted by Gasteiger charge is -2.38. The molecule has 0 bridgehead atoms. The summed E-state index contributed by atoms with van der Waals surface area (Å²) in [5.41, 5.74) is 5.39. The zero-order valence-corrected chi connectivity index (χ0v) is 9.74. The Labute approximate surface area is 92.0 Å². The molecule has 1 aliphatic rings. The first-order chi connectivity index (χ1) is 7.02. The minimum absolute atomic E-state index is 0.210. The number of nitrogens with zero attached hydrogens (tertiary/aromatic N) is 1. The molecule has 0 aromatic heterocycles. The van der Waals surface area contributed by atoms with Gasteiger partial charge in [-0.3, -0.25) is 10.3 Å². The smallest absolute Gasteiger partial charge is 0.0920 e. The van der Waals surface area contributed by atoms with Gasteiger partial charge < -0.3 is 10.8 Å². The summed E-state index contributed by atoms with van der Waals surface area (Å²) >= 11 is 0. The van der Waals surface area contributed by atoms with Crippen LogP contribution < -0.4 is 5.73 Å². The number of rotatable bonds is 4. The SMILES string of the molecule is CC(CC(=N)N)N(C)C1CCCCC1O. The van der Waals surface area contributed by atoms with Crippen LogP contribution in [0.5, 0.6) is 0 Å². The van der Waals surface area contributed by atoms with Gasteiger partial charge in [0, 0.05) is 18.5 Å². The van der Waals surface area contributed by atoms with Crippen LogP contribution in [0.15, 0.2) is 0 Å². The summed E-state index contributed by atoms with van der Waals surface area (Å²) in [6.45, 7) is 2.06. The average molecular weight is 213 g/mol. The molecule has 1 aliphatic carbocycles. The second kappa shape index (κ2) is 5.47. The summed E-state index contributed by atoms with van der Waals surface area (Å²) in [6, 6.07) is 0.480. The standard InChI is InChI=1S/C11H23N3O/c1-8(7-11(12)13)14(2)9-5-3-4-6-10(9)15/h8-10,15H,3-7H2,1-2H3,(H3,12,13). The van der Waals surface area contributed by atoms with Gasteiger partial charge in [-0.05, 0) is 26.8 Å². The molecule has 3 unspecified atom stereocenters. The molecule has 0 aromatic carbocycles. The fourth-order valence-electron chi connectivity index (χ4n) is 2.36. The fourth-order valence-corrected chi connectivity index (χ4v) is 2.36. The van der Waals surface area contributed by atoms with Gasteiger partial charge in [-0.2, -0.15) is 0 Å². The monoisotopic (exact) mass is 213 g/mol. The summed E-state index contributed by atoms with van der Waals surface area (Å²) < 4.78 is 0. The number of hydrogen-bond acceptors (Lipinski definition) is 3. The van der Waals surface area contributed by atoms with Gasteiger partial charge in [0.2, 0.25) is 0 Å². The van der Waals surface area contributed by atoms with Gasteiger partial charge >= 0.3 is 0 Å². The quantitative estimate of drug-likeness (QED) is 0.480. The summed E-state index contributed by atoms with van der Waals surface area (Å²) in [4.78, 5) is 2.17. The summed E-state index contributed by atoms with van der Waals surface area (Å²) in [6.07, 6.45) is 4.66. The van der Waals surface area contributed by atoms with Crippen LogP contribution in [0.25, 0.3) is 0 Å². The maximum Gasteiger partial charge on any atom is 0.0920 e. The van der Waals surface area contributed by atoms with Gasteiger partial charge in [-0.15, -0.1) is 0 Å². The van der Waals surface area contributed by atoms with Crippen LogP contribution in [-0.4, -0.2) is 41.1 Å². The van der Waals surface area contributed by atoms with Crippen molar-refractivity contribution < 1.29 is 5.11 Å². The second-order valence-corrected chi connectivity index (χ2v) is 4.66. The molecule has 88 valence electrons. The van der Waals surface area contributed by atoms with Crippen molar-refractivity contribution in [3.8, 4) is 0 Å². The Hall–Kier alpha value is -0.610. The van der Waals surface area contributed by atoms with Gasteiger partial charge in [-0.1, -0.05) is 12.8 Å². The topological polar surface area (TPSA) is 73.3 Å². The molecule has 4 N–H and O–H groups in total. The van der Waals surface area contributed by atoms with Crippen molar-refractivity contribution in [3.63, 3.8) is 0 Å². The first kappa shape index (κ1) is 12.5. The highest BCUT2D eigenvalue weighted by Crippen LogP contribution is 2.24. The lowest BCUT2D eigenvalue weighted by atomic mass is 9.90. The Balaban J connectivity index is 2.49. The Morgan fingerprint density at radius 3 is 2.67 bits per heavy atom. The van der Waals surface area contributed by atoms with E-state index in [0.29, 0.717) is 6.42 Å². The molecule has 0 heterocycles. The highest BCUT2D eigenvalue weighted by molar-refractivity contribution is 5.77. The van der Waals surface area contributed by atoms with Crippen molar-refractivity contribution >= 4 is 5.84 Å². The van der Waals surface area contributed by atoms with Crippen molar-refractivity contribution in [2.75, 3.05) is 7.05 Å². The van der Waals surface area contributed by atoms with Crippen molar-refractivity contribution in [2.45, 2.75) is 57.2 Å². The maximum atomic E-state index is 9.90. The normalized spacial score (nSPS) is 29.1. The molecule has 0 amide bonds. The van der Waals surface area contributed by atoms with Crippen LogP contribution >= 0.6 is 0 Å². The summed E-state index contributed by atoms with van der Waals surface area (Å²) in [5, 5.41) is 17.2. The van der Waals surface area contributed by atoms with E-state index in [-0.39, 0.29) is 24.0 Å². The highest BCUT2D eigenvalue weighted by atomic mass is 16.3. The van der Waals surface area contributed by atoms with E-state index in [0.717, 1.165) is 19.3 Å². The Morgan fingerprint density at radius 1 is 1.53 bits per heavy atom. The van der Waals surface area contributed by atoms with Crippen LogP contribution in [0, 0.1) is 5.41 Å². The largest absolute Gasteiger partial charge is 0.391 e. The number of nitrogens with two attached hydrogens (primary N) is 1. The van der Waals surface area contributed by atoms with Gasteiger partial charge in [0.05, 0.1) is 11.9 Å². The molecule has 0 spiro atoms. The van der Waals surface area contributed by atoms with E-state index >= 15 is 0 Å². The van der Waals surface area contributed by atoms with E-state index in [1.165, 1.54) is 6.42 Å². The van der Waals surface area contributed by atoms with E-state index in [4.69, 9.17) is 11.1 Å². The number of aliphatic hydroxyl groups excluding tert-OH is 1. The van der Waals surface area contributed by atoms with Gasteiger partial charge in [0.25, 0.3) is 0 Å². The lowest BCUT2D eigenvalue weighted by Crippen LogP contribution is -2.48. The predicted octanol–water partition coefficient (Wildman–Crippen LogP) is 0.936. The van der Waals surface area contributed by atoms with Gasteiger partial charge in [0.1, 0.15) is 0 Å². The molecule has 0 radical (unpaired) electrons. The van der Waals surface area contributed by atoms with Crippen molar-refractivity contribution in [1.82, 2.24) is 4.90 Å². The van der Waals surface area contributed by atoms with E-state index in [1.807, 2.05) is 7.05 Å². The highest BCUT2D eigenvalue weighted by Gasteiger charge is 2.28. The Morgan fingerprint density at radius 2 is 2.13 bits per heavy atom. The minimum atomic E-state index is -0.210. The molecule has 0 saturated heterocycles. The van der Waals surface area contributed by atoms with E-state index in [2.05, 4.69) is 11.8 Å². The third kappa shape index (κ3) is 3.47. The van der Waals surface area contributed by atoms with Crippen LogP contribution in [0.4, 0.5) is 0 Å². The average Bonchev–Trinajstić information content (AvgIpc) is 2.16. The molecule has 1 fully saturated rings. The van der Waals surface area contributed by atoms with E-state index < -0.39 is 0 Å². The first-order valence-corrected chi connectivity index (χ1v) is 5.75. The minimum Gasteiger partial charge on any atom is -0.391 e.